The Kier molecular flexibility index (Phi) is 5.87. The highest BCUT2D eigenvalue weighted by Gasteiger charge is 2.25. The summed E-state index contributed by atoms with van der Waals surface area (Å²) in [7, 11) is 0. The quantitative estimate of drug-likeness (QED) is 0.434. The van der Waals surface area contributed by atoms with E-state index in [-0.39, 0.29) is 11.2 Å². The second-order valence-electron chi connectivity index (χ2n) is 5.43. The average Bonchev–Trinajstić information content (AvgIpc) is 2.39. The first-order valence-electron chi connectivity index (χ1n) is 7.08. The summed E-state index contributed by atoms with van der Waals surface area (Å²) in [5, 5.41) is 21.4. The van der Waals surface area contributed by atoms with Crippen molar-refractivity contribution in [3.05, 3.63) is 29.3 Å². The standard InChI is InChI=1S/C16H25NO2/c1-4-6-10-16(3,9-5-2)14-7-8-15(18)13(11-14)12-17-19/h7-8,11-12,18-19H,4-6,9-10H2,1-3H3/b17-12+. The minimum Gasteiger partial charge on any atom is -0.507 e. The van der Waals surface area contributed by atoms with E-state index in [2.05, 4.69) is 25.9 Å². The summed E-state index contributed by atoms with van der Waals surface area (Å²) in [5.74, 6) is 0.149. The number of oxime groups is 1. The number of benzene rings is 1. The van der Waals surface area contributed by atoms with Crippen LogP contribution in [0.3, 0.4) is 0 Å². The van der Waals surface area contributed by atoms with Crippen LogP contribution >= 0.6 is 0 Å². The molecule has 1 atom stereocenters. The van der Waals surface area contributed by atoms with Crippen molar-refractivity contribution < 1.29 is 10.3 Å². The summed E-state index contributed by atoms with van der Waals surface area (Å²) in [6.07, 6.45) is 7.05. The van der Waals surface area contributed by atoms with Crippen LogP contribution < -0.4 is 0 Å². The van der Waals surface area contributed by atoms with Gasteiger partial charge in [0.1, 0.15) is 5.75 Å². The van der Waals surface area contributed by atoms with Crippen LogP contribution in [0.5, 0.6) is 5.75 Å². The Balaban J connectivity index is 3.11. The molecular formula is C16H25NO2. The summed E-state index contributed by atoms with van der Waals surface area (Å²) in [5.41, 5.74) is 1.89. The summed E-state index contributed by atoms with van der Waals surface area (Å²) in [6.45, 7) is 6.67. The molecule has 1 aromatic rings. The highest BCUT2D eigenvalue weighted by atomic mass is 16.4. The minimum atomic E-state index is 0.122. The maximum absolute atomic E-state index is 9.74. The molecule has 0 aliphatic rings. The molecule has 19 heavy (non-hydrogen) atoms. The molecule has 0 saturated heterocycles. The normalized spacial score (nSPS) is 14.7. The van der Waals surface area contributed by atoms with Crippen molar-refractivity contribution in [1.82, 2.24) is 0 Å². The second kappa shape index (κ2) is 7.17. The van der Waals surface area contributed by atoms with Gasteiger partial charge in [-0.15, -0.1) is 0 Å². The van der Waals surface area contributed by atoms with Crippen molar-refractivity contribution in [3.8, 4) is 5.75 Å². The fraction of sp³-hybridized carbons (Fsp3) is 0.562. The van der Waals surface area contributed by atoms with E-state index in [9.17, 15) is 5.11 Å². The molecule has 0 heterocycles. The Morgan fingerprint density at radius 3 is 2.53 bits per heavy atom. The molecule has 3 heteroatoms. The van der Waals surface area contributed by atoms with Crippen molar-refractivity contribution in [2.75, 3.05) is 0 Å². The van der Waals surface area contributed by atoms with Gasteiger partial charge in [-0.05, 0) is 36.0 Å². The van der Waals surface area contributed by atoms with Gasteiger partial charge in [-0.3, -0.25) is 0 Å². The smallest absolute Gasteiger partial charge is 0.124 e. The van der Waals surface area contributed by atoms with E-state index in [1.165, 1.54) is 24.6 Å². The molecular weight excluding hydrogens is 238 g/mol. The van der Waals surface area contributed by atoms with E-state index >= 15 is 0 Å². The van der Waals surface area contributed by atoms with Crippen LogP contribution in [-0.4, -0.2) is 16.5 Å². The van der Waals surface area contributed by atoms with E-state index in [1.54, 1.807) is 6.07 Å². The van der Waals surface area contributed by atoms with Gasteiger partial charge < -0.3 is 10.3 Å². The molecule has 0 bridgehead atoms. The number of phenols is 1. The summed E-state index contributed by atoms with van der Waals surface area (Å²) in [6, 6.07) is 5.60. The Hall–Kier alpha value is -1.51. The fourth-order valence-corrected chi connectivity index (χ4v) is 2.63. The maximum atomic E-state index is 9.74. The number of aromatic hydroxyl groups is 1. The lowest BCUT2D eigenvalue weighted by molar-refractivity contribution is 0.321. The molecule has 1 unspecified atom stereocenters. The Labute approximate surface area is 116 Å². The first kappa shape index (κ1) is 15.5. The summed E-state index contributed by atoms with van der Waals surface area (Å²) < 4.78 is 0. The van der Waals surface area contributed by atoms with Crippen LogP contribution in [0.4, 0.5) is 0 Å². The van der Waals surface area contributed by atoms with Crippen molar-refractivity contribution in [2.45, 2.75) is 58.3 Å². The Bertz CT molecular complexity index is 429. The minimum absolute atomic E-state index is 0.122. The predicted molar refractivity (Wildman–Crippen MR) is 79.3 cm³/mol. The van der Waals surface area contributed by atoms with Crippen molar-refractivity contribution in [3.63, 3.8) is 0 Å². The third kappa shape index (κ3) is 3.98. The van der Waals surface area contributed by atoms with Gasteiger partial charge in [0, 0.05) is 5.56 Å². The van der Waals surface area contributed by atoms with Gasteiger partial charge in [0.15, 0.2) is 0 Å². The second-order valence-corrected chi connectivity index (χ2v) is 5.43. The lowest BCUT2D eigenvalue weighted by Gasteiger charge is -2.30. The Morgan fingerprint density at radius 1 is 1.21 bits per heavy atom. The van der Waals surface area contributed by atoms with Crippen LogP contribution in [-0.2, 0) is 5.41 Å². The molecule has 1 aromatic carbocycles. The van der Waals surface area contributed by atoms with Gasteiger partial charge >= 0.3 is 0 Å². The number of hydrogen-bond donors (Lipinski definition) is 2. The molecule has 106 valence electrons. The zero-order chi connectivity index (χ0) is 14.3. The van der Waals surface area contributed by atoms with E-state index in [4.69, 9.17) is 5.21 Å². The summed E-state index contributed by atoms with van der Waals surface area (Å²) in [4.78, 5) is 0. The maximum Gasteiger partial charge on any atom is 0.124 e. The molecule has 0 aliphatic heterocycles. The molecule has 0 saturated carbocycles. The average molecular weight is 263 g/mol. The topological polar surface area (TPSA) is 52.8 Å². The largest absolute Gasteiger partial charge is 0.507 e. The lowest BCUT2D eigenvalue weighted by atomic mass is 9.74. The molecule has 3 nitrogen and oxygen atoms in total. The van der Waals surface area contributed by atoms with Gasteiger partial charge in [-0.25, -0.2) is 0 Å². The van der Waals surface area contributed by atoms with Gasteiger partial charge in [0.05, 0.1) is 6.21 Å². The van der Waals surface area contributed by atoms with Crippen LogP contribution in [0, 0.1) is 0 Å². The Morgan fingerprint density at radius 2 is 1.95 bits per heavy atom. The molecule has 2 N–H and O–H groups in total. The number of unbranched alkanes of at least 4 members (excludes halogenated alkanes) is 1. The van der Waals surface area contributed by atoms with Crippen LogP contribution in [0.15, 0.2) is 23.4 Å². The highest BCUT2D eigenvalue weighted by Crippen LogP contribution is 2.36. The zero-order valence-corrected chi connectivity index (χ0v) is 12.2. The van der Waals surface area contributed by atoms with Gasteiger partial charge in [0.25, 0.3) is 0 Å². The van der Waals surface area contributed by atoms with Crippen molar-refractivity contribution >= 4 is 6.21 Å². The van der Waals surface area contributed by atoms with Gasteiger partial charge in [-0.2, -0.15) is 0 Å². The van der Waals surface area contributed by atoms with E-state index in [0.717, 1.165) is 19.3 Å². The van der Waals surface area contributed by atoms with E-state index in [1.807, 2.05) is 12.1 Å². The van der Waals surface area contributed by atoms with Gasteiger partial charge in [-0.1, -0.05) is 51.3 Å². The molecule has 0 radical (unpaired) electrons. The number of phenolic OH excluding ortho intramolecular Hbond substituents is 1. The first-order valence-corrected chi connectivity index (χ1v) is 7.08. The molecule has 0 spiro atoms. The molecule has 0 aromatic heterocycles. The van der Waals surface area contributed by atoms with Crippen LogP contribution in [0.25, 0.3) is 0 Å². The summed E-state index contributed by atoms with van der Waals surface area (Å²) >= 11 is 0. The fourth-order valence-electron chi connectivity index (χ4n) is 2.63. The first-order chi connectivity index (χ1) is 9.07. The van der Waals surface area contributed by atoms with E-state index < -0.39 is 0 Å². The van der Waals surface area contributed by atoms with Crippen LogP contribution in [0.1, 0.15) is 64.0 Å². The molecule has 1 rings (SSSR count). The molecule has 0 amide bonds. The number of nitrogens with zero attached hydrogens (tertiary/aromatic N) is 1. The monoisotopic (exact) mass is 263 g/mol. The highest BCUT2D eigenvalue weighted by molar-refractivity contribution is 5.83. The SMILES string of the molecule is CCCCC(C)(CCC)c1ccc(O)c(/C=N/O)c1. The predicted octanol–water partition coefficient (Wildman–Crippen LogP) is 4.45. The number of hydrogen-bond acceptors (Lipinski definition) is 3. The third-order valence-corrected chi connectivity index (χ3v) is 3.81. The van der Waals surface area contributed by atoms with Gasteiger partial charge in [0.2, 0.25) is 0 Å². The van der Waals surface area contributed by atoms with Crippen molar-refractivity contribution in [2.24, 2.45) is 5.16 Å². The number of rotatable bonds is 7. The molecule has 0 fully saturated rings. The molecule has 0 aliphatic carbocycles. The van der Waals surface area contributed by atoms with E-state index in [0.29, 0.717) is 5.56 Å². The van der Waals surface area contributed by atoms with Crippen molar-refractivity contribution in [1.29, 1.82) is 0 Å². The third-order valence-electron chi connectivity index (χ3n) is 3.81. The lowest BCUT2D eigenvalue weighted by Crippen LogP contribution is -2.22. The zero-order valence-electron chi connectivity index (χ0n) is 12.2. The van der Waals surface area contributed by atoms with Crippen LogP contribution in [0.2, 0.25) is 0 Å².